The molecule has 0 unspecified atom stereocenters. The van der Waals surface area contributed by atoms with Crippen molar-refractivity contribution >= 4 is 0 Å². The van der Waals surface area contributed by atoms with Crippen molar-refractivity contribution in [1.82, 2.24) is 5.32 Å². The second-order valence-corrected chi connectivity index (χ2v) is 6.36. The highest BCUT2D eigenvalue weighted by atomic mass is 16.3. The molecule has 0 amide bonds. The Morgan fingerprint density at radius 1 is 1.00 bits per heavy atom. The van der Waals surface area contributed by atoms with Crippen LogP contribution in [0, 0.1) is 5.41 Å². The summed E-state index contributed by atoms with van der Waals surface area (Å²) in [6.45, 7) is 12.6. The van der Waals surface area contributed by atoms with E-state index in [0.29, 0.717) is 5.41 Å². The Morgan fingerprint density at radius 3 is 2.12 bits per heavy atom. The molecule has 0 aliphatic carbocycles. The molecule has 0 aromatic heterocycles. The van der Waals surface area contributed by atoms with Crippen LogP contribution in [0.3, 0.4) is 0 Å². The minimum Gasteiger partial charge on any atom is -0.390 e. The van der Waals surface area contributed by atoms with E-state index < -0.39 is 5.60 Å². The first kappa shape index (κ1) is 15.9. The van der Waals surface area contributed by atoms with Crippen molar-refractivity contribution < 1.29 is 5.11 Å². The normalized spacial score (nSPS) is 13.1. The van der Waals surface area contributed by atoms with Gasteiger partial charge in [-0.3, -0.25) is 0 Å². The van der Waals surface area contributed by atoms with Crippen molar-refractivity contribution in [3.8, 4) is 0 Å². The minimum absolute atomic E-state index is 0.384. The fourth-order valence-electron chi connectivity index (χ4n) is 1.76. The standard InChI is InChI=1S/C14H31NO/c1-6-7-8-9-13(2,3)12-15-11-10-14(4,5)16/h15-16H,6-12H2,1-5H3. The van der Waals surface area contributed by atoms with Gasteiger partial charge in [-0.15, -0.1) is 0 Å². The average Bonchev–Trinajstić information content (AvgIpc) is 2.11. The van der Waals surface area contributed by atoms with E-state index in [0.717, 1.165) is 19.5 Å². The third kappa shape index (κ3) is 10.4. The number of hydrogen-bond donors (Lipinski definition) is 2. The number of rotatable bonds is 9. The van der Waals surface area contributed by atoms with E-state index in [9.17, 15) is 5.11 Å². The number of unbranched alkanes of at least 4 members (excludes halogenated alkanes) is 2. The Labute approximate surface area is 102 Å². The van der Waals surface area contributed by atoms with E-state index in [1.807, 2.05) is 13.8 Å². The van der Waals surface area contributed by atoms with E-state index in [1.165, 1.54) is 25.7 Å². The number of hydrogen-bond acceptors (Lipinski definition) is 2. The van der Waals surface area contributed by atoms with E-state index in [-0.39, 0.29) is 0 Å². The number of nitrogens with one attached hydrogen (secondary N) is 1. The van der Waals surface area contributed by atoms with Crippen LogP contribution < -0.4 is 5.32 Å². The molecule has 2 heteroatoms. The molecule has 0 fully saturated rings. The summed E-state index contributed by atoms with van der Waals surface area (Å²) in [6.07, 6.45) is 6.07. The summed E-state index contributed by atoms with van der Waals surface area (Å²) in [5.41, 5.74) is -0.159. The molecule has 0 bridgehead atoms. The van der Waals surface area contributed by atoms with Crippen molar-refractivity contribution in [2.45, 2.75) is 72.3 Å². The van der Waals surface area contributed by atoms with Crippen LogP contribution in [0.25, 0.3) is 0 Å². The average molecular weight is 229 g/mol. The van der Waals surface area contributed by atoms with E-state index in [1.54, 1.807) is 0 Å². The van der Waals surface area contributed by atoms with Gasteiger partial charge in [0, 0.05) is 6.54 Å². The maximum absolute atomic E-state index is 9.58. The van der Waals surface area contributed by atoms with Gasteiger partial charge in [0.15, 0.2) is 0 Å². The van der Waals surface area contributed by atoms with Gasteiger partial charge in [0.05, 0.1) is 5.60 Å². The van der Waals surface area contributed by atoms with Gasteiger partial charge < -0.3 is 10.4 Å². The van der Waals surface area contributed by atoms with Crippen LogP contribution in [0.4, 0.5) is 0 Å². The minimum atomic E-state index is -0.542. The van der Waals surface area contributed by atoms with Crippen molar-refractivity contribution in [2.75, 3.05) is 13.1 Å². The Bertz CT molecular complexity index is 170. The predicted molar refractivity (Wildman–Crippen MR) is 71.7 cm³/mol. The molecule has 0 atom stereocenters. The topological polar surface area (TPSA) is 32.3 Å². The fraction of sp³-hybridized carbons (Fsp3) is 1.00. The summed E-state index contributed by atoms with van der Waals surface area (Å²) < 4.78 is 0. The highest BCUT2D eigenvalue weighted by molar-refractivity contribution is 4.73. The maximum Gasteiger partial charge on any atom is 0.0603 e. The lowest BCUT2D eigenvalue weighted by molar-refractivity contribution is 0.0703. The SMILES string of the molecule is CCCCCC(C)(C)CNCCC(C)(C)O. The molecule has 2 N–H and O–H groups in total. The van der Waals surface area contributed by atoms with Crippen molar-refractivity contribution in [2.24, 2.45) is 5.41 Å². The second-order valence-electron chi connectivity index (χ2n) is 6.36. The van der Waals surface area contributed by atoms with Crippen LogP contribution in [0.15, 0.2) is 0 Å². The van der Waals surface area contributed by atoms with Gasteiger partial charge in [-0.05, 0) is 38.6 Å². The van der Waals surface area contributed by atoms with Crippen LogP contribution >= 0.6 is 0 Å². The van der Waals surface area contributed by atoms with Crippen LogP contribution in [-0.4, -0.2) is 23.8 Å². The first-order chi connectivity index (χ1) is 7.27. The molecule has 0 radical (unpaired) electrons. The van der Waals surface area contributed by atoms with Gasteiger partial charge in [0.25, 0.3) is 0 Å². The summed E-state index contributed by atoms with van der Waals surface area (Å²) in [4.78, 5) is 0. The number of aliphatic hydroxyl groups is 1. The molecule has 0 saturated heterocycles. The van der Waals surface area contributed by atoms with Crippen molar-refractivity contribution in [3.63, 3.8) is 0 Å². The lowest BCUT2D eigenvalue weighted by Crippen LogP contribution is -2.33. The van der Waals surface area contributed by atoms with E-state index in [2.05, 4.69) is 26.1 Å². The smallest absolute Gasteiger partial charge is 0.0603 e. The van der Waals surface area contributed by atoms with Gasteiger partial charge >= 0.3 is 0 Å². The molecule has 0 spiro atoms. The second kappa shape index (κ2) is 7.29. The quantitative estimate of drug-likeness (QED) is 0.594. The highest BCUT2D eigenvalue weighted by Crippen LogP contribution is 2.22. The first-order valence-electron chi connectivity index (χ1n) is 6.70. The summed E-state index contributed by atoms with van der Waals surface area (Å²) in [5, 5.41) is 13.0. The molecule has 16 heavy (non-hydrogen) atoms. The van der Waals surface area contributed by atoms with Crippen molar-refractivity contribution in [3.05, 3.63) is 0 Å². The molecular formula is C14H31NO. The van der Waals surface area contributed by atoms with E-state index >= 15 is 0 Å². The van der Waals surface area contributed by atoms with Crippen LogP contribution in [0.5, 0.6) is 0 Å². The lowest BCUT2D eigenvalue weighted by Gasteiger charge is -2.26. The van der Waals surface area contributed by atoms with Crippen molar-refractivity contribution in [1.29, 1.82) is 0 Å². The zero-order valence-corrected chi connectivity index (χ0v) is 11.9. The molecule has 0 saturated carbocycles. The molecule has 0 rings (SSSR count). The molecule has 0 heterocycles. The van der Waals surface area contributed by atoms with Gasteiger partial charge in [-0.25, -0.2) is 0 Å². The van der Waals surface area contributed by atoms with Gasteiger partial charge in [0.2, 0.25) is 0 Å². The summed E-state index contributed by atoms with van der Waals surface area (Å²) in [5.74, 6) is 0. The van der Waals surface area contributed by atoms with Gasteiger partial charge in [-0.1, -0.05) is 40.0 Å². The van der Waals surface area contributed by atoms with Crippen LogP contribution in [0.1, 0.15) is 66.7 Å². The zero-order valence-electron chi connectivity index (χ0n) is 11.9. The zero-order chi connectivity index (χ0) is 12.7. The Balaban J connectivity index is 3.57. The van der Waals surface area contributed by atoms with Gasteiger partial charge in [0.1, 0.15) is 0 Å². The molecule has 0 aliphatic heterocycles. The predicted octanol–water partition coefficient (Wildman–Crippen LogP) is 3.34. The largest absolute Gasteiger partial charge is 0.390 e. The summed E-state index contributed by atoms with van der Waals surface area (Å²) in [7, 11) is 0. The van der Waals surface area contributed by atoms with Crippen LogP contribution in [0.2, 0.25) is 0 Å². The molecule has 0 aromatic carbocycles. The maximum atomic E-state index is 9.58. The molecule has 98 valence electrons. The molecule has 2 nitrogen and oxygen atoms in total. The lowest BCUT2D eigenvalue weighted by atomic mass is 9.87. The Kier molecular flexibility index (Phi) is 7.25. The van der Waals surface area contributed by atoms with Crippen LogP contribution in [-0.2, 0) is 0 Å². The summed E-state index contributed by atoms with van der Waals surface area (Å²) in [6, 6.07) is 0. The third-order valence-electron chi connectivity index (χ3n) is 2.97. The Hall–Kier alpha value is -0.0800. The third-order valence-corrected chi connectivity index (χ3v) is 2.97. The fourth-order valence-corrected chi connectivity index (χ4v) is 1.76. The molecule has 0 aliphatic rings. The first-order valence-corrected chi connectivity index (χ1v) is 6.70. The van der Waals surface area contributed by atoms with E-state index in [4.69, 9.17) is 0 Å². The molecule has 0 aromatic rings. The Morgan fingerprint density at radius 2 is 1.62 bits per heavy atom. The monoisotopic (exact) mass is 229 g/mol. The summed E-state index contributed by atoms with van der Waals surface area (Å²) >= 11 is 0. The highest BCUT2D eigenvalue weighted by Gasteiger charge is 2.17. The molecular weight excluding hydrogens is 198 g/mol. The van der Waals surface area contributed by atoms with Gasteiger partial charge in [-0.2, -0.15) is 0 Å².